The lowest BCUT2D eigenvalue weighted by Gasteiger charge is -2.36. The van der Waals surface area contributed by atoms with Crippen LogP contribution in [0.1, 0.15) is 72.7 Å². The average molecular weight is 739 g/mol. The standard InChI is InChI=1S/C48H42N4O4/c1-47(2)45-43(29-11-7-15-33(55)25-29)39-21-19-37(50-39)41(27-9-5-13-31(53)23-27)35-17-18-36(49-35)42(28-10-6-14-32(54)24-28)38-20-22-40(51-38)44(46(52-45)48(47,3)4)30-12-8-16-34(56)26-30/h5-26,49-56H,1-4H3. The van der Waals surface area contributed by atoms with Crippen molar-refractivity contribution in [3.8, 4) is 23.0 Å². The minimum absolute atomic E-state index is 0.148. The highest BCUT2D eigenvalue weighted by Crippen LogP contribution is 2.58. The maximum Gasteiger partial charge on any atom is 0.116 e. The van der Waals surface area contributed by atoms with E-state index in [-0.39, 0.29) is 23.0 Å². The number of aromatic amines is 3. The molecule has 8 heteroatoms. The summed E-state index contributed by atoms with van der Waals surface area (Å²) in [7, 11) is 0. The number of aromatic hydroxyl groups is 4. The molecule has 5 heterocycles. The molecule has 0 saturated carbocycles. The van der Waals surface area contributed by atoms with Crippen LogP contribution >= 0.6 is 0 Å². The van der Waals surface area contributed by atoms with Gasteiger partial charge in [-0.2, -0.15) is 0 Å². The molecule has 8 nitrogen and oxygen atoms in total. The van der Waals surface area contributed by atoms with Gasteiger partial charge in [-0.25, -0.2) is 0 Å². The highest BCUT2D eigenvalue weighted by Gasteiger charge is 2.52. The van der Waals surface area contributed by atoms with Gasteiger partial charge in [0.1, 0.15) is 23.0 Å². The summed E-state index contributed by atoms with van der Waals surface area (Å²) in [6.07, 6.45) is 0. The number of H-pyrrole nitrogens is 3. The van der Waals surface area contributed by atoms with Crippen LogP contribution in [0.5, 0.6) is 23.0 Å². The van der Waals surface area contributed by atoms with Crippen LogP contribution in [0.25, 0.3) is 22.3 Å². The second-order valence-corrected chi connectivity index (χ2v) is 15.7. The number of nitrogens with one attached hydrogen (secondary N) is 4. The van der Waals surface area contributed by atoms with Crippen molar-refractivity contribution in [2.24, 2.45) is 10.8 Å². The Morgan fingerprint density at radius 2 is 0.661 bits per heavy atom. The van der Waals surface area contributed by atoms with E-state index in [1.54, 1.807) is 48.5 Å². The summed E-state index contributed by atoms with van der Waals surface area (Å²) in [5, 5.41) is 48.6. The number of phenolic OH excluding ortho intramolecular Hbond substituents is 4. The Morgan fingerprint density at radius 3 is 0.982 bits per heavy atom. The molecule has 9 rings (SSSR count). The van der Waals surface area contributed by atoms with Crippen LogP contribution < -0.4 is 16.0 Å². The summed E-state index contributed by atoms with van der Waals surface area (Å²) in [6.45, 7) is 8.95. The minimum atomic E-state index is -0.496. The first-order chi connectivity index (χ1) is 26.9. The summed E-state index contributed by atoms with van der Waals surface area (Å²) in [4.78, 5) is 11.2. The fraction of sp³-hybridized carbons (Fsp3) is 0.125. The quantitative estimate of drug-likeness (QED) is 0.0921. The molecule has 0 aliphatic carbocycles. The van der Waals surface area contributed by atoms with Crippen LogP contribution in [0.4, 0.5) is 0 Å². The zero-order valence-electron chi connectivity index (χ0n) is 31.5. The highest BCUT2D eigenvalue weighted by molar-refractivity contribution is 5.89. The van der Waals surface area contributed by atoms with Gasteiger partial charge in [-0.3, -0.25) is 0 Å². The van der Waals surface area contributed by atoms with E-state index in [2.05, 4.69) is 72.2 Å². The molecule has 2 aliphatic heterocycles. The van der Waals surface area contributed by atoms with Crippen LogP contribution in [-0.2, 0) is 0 Å². The first-order valence-electron chi connectivity index (χ1n) is 18.7. The molecule has 0 unspecified atom stereocenters. The Kier molecular flexibility index (Phi) is 7.91. The van der Waals surface area contributed by atoms with Gasteiger partial charge in [0.2, 0.25) is 0 Å². The maximum absolute atomic E-state index is 10.8. The lowest BCUT2D eigenvalue weighted by Crippen LogP contribution is -2.29. The topological polar surface area (TPSA) is 140 Å². The van der Waals surface area contributed by atoms with E-state index in [1.165, 1.54) is 0 Å². The molecule has 3 aromatic heterocycles. The number of rotatable bonds is 4. The highest BCUT2D eigenvalue weighted by atomic mass is 16.3. The number of benzene rings is 4. The van der Waals surface area contributed by atoms with E-state index in [4.69, 9.17) is 0 Å². The second-order valence-electron chi connectivity index (χ2n) is 15.7. The Bertz CT molecular complexity index is 2700. The molecule has 1 fully saturated rings. The van der Waals surface area contributed by atoms with E-state index < -0.39 is 10.8 Å². The van der Waals surface area contributed by atoms with E-state index >= 15 is 0 Å². The van der Waals surface area contributed by atoms with Gasteiger partial charge in [-0.05, 0) is 107 Å². The zero-order valence-corrected chi connectivity index (χ0v) is 31.5. The Balaban J connectivity index is 1.47. The minimum Gasteiger partial charge on any atom is -0.508 e. The average Bonchev–Trinajstić information content (AvgIpc) is 3.96. The number of fused-ring (bicyclic) bond motifs is 8. The normalized spacial score (nSPS) is 16.0. The van der Waals surface area contributed by atoms with Crippen molar-refractivity contribution in [3.05, 3.63) is 201 Å². The lowest BCUT2D eigenvalue weighted by atomic mass is 9.65. The first kappa shape index (κ1) is 34.7. The van der Waals surface area contributed by atoms with E-state index in [9.17, 15) is 20.4 Å². The largest absolute Gasteiger partial charge is 0.508 e. The third-order valence-electron chi connectivity index (χ3n) is 11.8. The Labute approximate surface area is 324 Å². The van der Waals surface area contributed by atoms with E-state index in [0.29, 0.717) is 0 Å². The van der Waals surface area contributed by atoms with Crippen LogP contribution in [0.2, 0.25) is 0 Å². The Morgan fingerprint density at radius 1 is 0.357 bits per heavy atom. The van der Waals surface area contributed by atoms with Crippen molar-refractivity contribution in [2.45, 2.75) is 27.7 Å². The molecule has 0 radical (unpaired) electrons. The molecule has 56 heavy (non-hydrogen) atoms. The van der Waals surface area contributed by atoms with Gasteiger partial charge in [-0.1, -0.05) is 76.2 Å². The molecule has 8 bridgehead atoms. The number of aromatic nitrogens is 3. The molecule has 278 valence electrons. The van der Waals surface area contributed by atoms with Gasteiger partial charge in [0.25, 0.3) is 0 Å². The summed E-state index contributed by atoms with van der Waals surface area (Å²) in [5.74, 6) is 0.610. The first-order valence-corrected chi connectivity index (χ1v) is 18.7. The van der Waals surface area contributed by atoms with Gasteiger partial charge < -0.3 is 40.7 Å². The van der Waals surface area contributed by atoms with Crippen LogP contribution in [-0.4, -0.2) is 35.4 Å². The number of hydrogen-bond donors (Lipinski definition) is 8. The van der Waals surface area contributed by atoms with Crippen molar-refractivity contribution < 1.29 is 20.4 Å². The van der Waals surface area contributed by atoms with Crippen molar-refractivity contribution in [2.75, 3.05) is 0 Å². The molecular formula is C48H42N4O4. The lowest BCUT2D eigenvalue weighted by molar-refractivity contribution is 0.234. The van der Waals surface area contributed by atoms with E-state index in [0.717, 1.165) is 89.4 Å². The third-order valence-corrected chi connectivity index (χ3v) is 11.8. The molecule has 0 spiro atoms. The summed E-state index contributed by atoms with van der Waals surface area (Å²) >= 11 is 0. The van der Waals surface area contributed by atoms with Gasteiger partial charge >= 0.3 is 0 Å². The van der Waals surface area contributed by atoms with Gasteiger partial charge in [0, 0.05) is 78.0 Å². The number of allylic oxidation sites excluding steroid dienone is 2. The van der Waals surface area contributed by atoms with Gasteiger partial charge in [0.15, 0.2) is 0 Å². The fourth-order valence-corrected chi connectivity index (χ4v) is 8.30. The van der Waals surface area contributed by atoms with E-state index in [1.807, 2.05) is 60.7 Å². The summed E-state index contributed by atoms with van der Waals surface area (Å²) < 4.78 is 0. The smallest absolute Gasteiger partial charge is 0.116 e. The summed E-state index contributed by atoms with van der Waals surface area (Å²) in [5.41, 5.74) is 11.0. The van der Waals surface area contributed by atoms with Crippen molar-refractivity contribution >= 4 is 22.3 Å². The molecule has 4 aromatic carbocycles. The molecule has 7 aromatic rings. The van der Waals surface area contributed by atoms with Crippen molar-refractivity contribution in [1.29, 1.82) is 0 Å². The SMILES string of the molecule is CC1(C)C2=C(c3cccc(O)c3)c3ccc([nH]3)C(c3cccc(O)c3)=c3ccc([nH]3)=C(c3cccc(O)c3)c3ccc([nH]3)C(c3cccc(O)c3)=C(N2)C1(C)C. The predicted octanol–water partition coefficient (Wildman–Crippen LogP) is 8.18. The van der Waals surface area contributed by atoms with Crippen LogP contribution in [0.15, 0.2) is 145 Å². The monoisotopic (exact) mass is 738 g/mol. The molecule has 2 aliphatic rings. The second kappa shape index (κ2) is 12.8. The Hall–Kier alpha value is -7.06. The number of hydrogen-bond acceptors (Lipinski definition) is 5. The molecular weight excluding hydrogens is 697 g/mol. The predicted molar refractivity (Wildman–Crippen MR) is 220 cm³/mol. The van der Waals surface area contributed by atoms with Crippen LogP contribution in [0.3, 0.4) is 0 Å². The zero-order chi connectivity index (χ0) is 38.9. The molecule has 1 saturated heterocycles. The third kappa shape index (κ3) is 5.61. The molecule has 8 N–H and O–H groups in total. The van der Waals surface area contributed by atoms with Crippen molar-refractivity contribution in [3.63, 3.8) is 0 Å². The van der Waals surface area contributed by atoms with Crippen molar-refractivity contribution in [1.82, 2.24) is 20.3 Å². The summed E-state index contributed by atoms with van der Waals surface area (Å²) in [6, 6.07) is 41.4. The van der Waals surface area contributed by atoms with Gasteiger partial charge in [-0.15, -0.1) is 0 Å². The van der Waals surface area contributed by atoms with Crippen LogP contribution in [0, 0.1) is 10.8 Å². The maximum atomic E-state index is 10.8. The van der Waals surface area contributed by atoms with Gasteiger partial charge in [0.05, 0.1) is 0 Å². The fourth-order valence-electron chi connectivity index (χ4n) is 8.30. The number of phenols is 4. The molecule has 0 atom stereocenters. The molecule has 0 amide bonds.